The largest absolute Gasteiger partial charge is 0.324 e. The average Bonchev–Trinajstić information content (AvgIpc) is 2.95. The summed E-state index contributed by atoms with van der Waals surface area (Å²) in [7, 11) is 0. The van der Waals surface area contributed by atoms with Crippen molar-refractivity contribution in [1.29, 1.82) is 0 Å². The van der Waals surface area contributed by atoms with Crippen LogP contribution in [0.4, 0.5) is 11.4 Å². The van der Waals surface area contributed by atoms with Crippen LogP contribution in [-0.4, -0.2) is 17.9 Å². The Labute approximate surface area is 136 Å². The molecule has 2 aromatic rings. The van der Waals surface area contributed by atoms with Gasteiger partial charge < -0.3 is 5.32 Å². The number of hydrogen-bond donors (Lipinski definition) is 1. The van der Waals surface area contributed by atoms with E-state index in [1.165, 1.54) is 6.92 Å². The molecule has 1 aliphatic heterocycles. The zero-order valence-corrected chi connectivity index (χ0v) is 13.4. The first-order chi connectivity index (χ1) is 11.1. The highest BCUT2D eigenvalue weighted by Crippen LogP contribution is 2.32. The molecular weight excluding hydrogens is 288 g/mol. The van der Waals surface area contributed by atoms with Crippen LogP contribution in [0.3, 0.4) is 0 Å². The SMILES string of the molecule is CCc1ccccc1NC(=O)[C@@H]1Cc2ccccc2N1C(C)=O. The first-order valence-corrected chi connectivity index (χ1v) is 7.88. The zero-order valence-electron chi connectivity index (χ0n) is 13.4. The maximum atomic E-state index is 12.8. The lowest BCUT2D eigenvalue weighted by molar-refractivity contribution is -0.122. The lowest BCUT2D eigenvalue weighted by Crippen LogP contribution is -2.44. The monoisotopic (exact) mass is 308 g/mol. The van der Waals surface area contributed by atoms with Gasteiger partial charge in [-0.2, -0.15) is 0 Å². The average molecular weight is 308 g/mol. The van der Waals surface area contributed by atoms with Gasteiger partial charge in [-0.1, -0.05) is 43.3 Å². The molecule has 2 amide bonds. The normalized spacial score (nSPS) is 16.1. The minimum absolute atomic E-state index is 0.112. The number of rotatable bonds is 3. The third-order valence-corrected chi connectivity index (χ3v) is 4.27. The van der Waals surface area contributed by atoms with Crippen LogP contribution in [0.2, 0.25) is 0 Å². The van der Waals surface area contributed by atoms with E-state index in [0.717, 1.165) is 28.9 Å². The maximum Gasteiger partial charge on any atom is 0.247 e. The Morgan fingerprint density at radius 3 is 2.57 bits per heavy atom. The predicted octanol–water partition coefficient (Wildman–Crippen LogP) is 3.17. The van der Waals surface area contributed by atoms with Crippen molar-refractivity contribution in [2.24, 2.45) is 0 Å². The van der Waals surface area contributed by atoms with Crippen LogP contribution in [0.1, 0.15) is 25.0 Å². The molecule has 0 fully saturated rings. The second-order valence-corrected chi connectivity index (χ2v) is 5.74. The summed E-state index contributed by atoms with van der Waals surface area (Å²) in [5.74, 6) is -0.254. The molecule has 1 atom stereocenters. The summed E-state index contributed by atoms with van der Waals surface area (Å²) in [6.45, 7) is 3.56. The molecule has 118 valence electrons. The number of benzene rings is 2. The third kappa shape index (κ3) is 2.84. The lowest BCUT2D eigenvalue weighted by Gasteiger charge is -2.24. The number of nitrogens with one attached hydrogen (secondary N) is 1. The van der Waals surface area contributed by atoms with Crippen LogP contribution in [0.15, 0.2) is 48.5 Å². The smallest absolute Gasteiger partial charge is 0.247 e. The Hall–Kier alpha value is -2.62. The first kappa shape index (κ1) is 15.3. The van der Waals surface area contributed by atoms with Gasteiger partial charge in [0.05, 0.1) is 0 Å². The van der Waals surface area contributed by atoms with Crippen LogP contribution in [0.25, 0.3) is 0 Å². The number of fused-ring (bicyclic) bond motifs is 1. The fourth-order valence-corrected chi connectivity index (χ4v) is 3.15. The Morgan fingerprint density at radius 1 is 1.13 bits per heavy atom. The molecule has 4 heteroatoms. The molecule has 0 unspecified atom stereocenters. The van der Waals surface area contributed by atoms with Gasteiger partial charge in [-0.15, -0.1) is 0 Å². The van der Waals surface area contributed by atoms with Gasteiger partial charge in [-0.3, -0.25) is 14.5 Å². The summed E-state index contributed by atoms with van der Waals surface area (Å²) in [5, 5.41) is 2.99. The van der Waals surface area contributed by atoms with E-state index in [2.05, 4.69) is 12.2 Å². The van der Waals surface area contributed by atoms with Gasteiger partial charge in [0, 0.05) is 24.7 Å². The molecule has 0 spiro atoms. The van der Waals surface area contributed by atoms with Gasteiger partial charge >= 0.3 is 0 Å². The topological polar surface area (TPSA) is 49.4 Å². The van der Waals surface area contributed by atoms with E-state index in [9.17, 15) is 9.59 Å². The molecule has 23 heavy (non-hydrogen) atoms. The molecule has 1 heterocycles. The molecule has 3 rings (SSSR count). The van der Waals surface area contributed by atoms with Gasteiger partial charge in [0.15, 0.2) is 0 Å². The van der Waals surface area contributed by atoms with Crippen molar-refractivity contribution in [1.82, 2.24) is 0 Å². The molecule has 1 aliphatic rings. The number of carbonyl (C=O) groups is 2. The van der Waals surface area contributed by atoms with E-state index < -0.39 is 6.04 Å². The van der Waals surface area contributed by atoms with E-state index in [4.69, 9.17) is 0 Å². The van der Waals surface area contributed by atoms with Gasteiger partial charge in [0.2, 0.25) is 11.8 Å². The molecule has 0 saturated heterocycles. The van der Waals surface area contributed by atoms with Crippen LogP contribution in [0, 0.1) is 0 Å². The third-order valence-electron chi connectivity index (χ3n) is 4.27. The quantitative estimate of drug-likeness (QED) is 0.947. The van der Waals surface area contributed by atoms with E-state index in [1.807, 2.05) is 48.5 Å². The van der Waals surface area contributed by atoms with Crippen molar-refractivity contribution < 1.29 is 9.59 Å². The van der Waals surface area contributed by atoms with Crippen molar-refractivity contribution in [2.75, 3.05) is 10.2 Å². The number of para-hydroxylation sites is 2. The van der Waals surface area contributed by atoms with Crippen molar-refractivity contribution in [2.45, 2.75) is 32.7 Å². The standard InChI is InChI=1S/C19H20N2O2/c1-3-14-8-4-6-10-16(14)20-19(23)18-12-15-9-5-7-11-17(15)21(18)13(2)22/h4-11,18H,3,12H2,1-2H3,(H,20,23)/t18-/m0/s1. The van der Waals surface area contributed by atoms with Crippen LogP contribution < -0.4 is 10.2 Å². The van der Waals surface area contributed by atoms with Crippen molar-refractivity contribution in [3.05, 3.63) is 59.7 Å². The van der Waals surface area contributed by atoms with E-state index in [1.54, 1.807) is 4.90 Å². The highest BCUT2D eigenvalue weighted by Gasteiger charge is 2.36. The zero-order chi connectivity index (χ0) is 16.4. The number of nitrogens with zero attached hydrogens (tertiary/aromatic N) is 1. The van der Waals surface area contributed by atoms with Crippen LogP contribution in [-0.2, 0) is 22.4 Å². The van der Waals surface area contributed by atoms with E-state index >= 15 is 0 Å². The van der Waals surface area contributed by atoms with Gasteiger partial charge in [0.1, 0.15) is 6.04 Å². The van der Waals surface area contributed by atoms with E-state index in [0.29, 0.717) is 6.42 Å². The Morgan fingerprint density at radius 2 is 1.83 bits per heavy atom. The minimum atomic E-state index is -0.491. The summed E-state index contributed by atoms with van der Waals surface area (Å²) < 4.78 is 0. The summed E-state index contributed by atoms with van der Waals surface area (Å²) in [5.41, 5.74) is 3.78. The maximum absolute atomic E-state index is 12.8. The van der Waals surface area contributed by atoms with Gasteiger partial charge in [-0.05, 0) is 29.7 Å². The Balaban J connectivity index is 1.87. The molecule has 2 aromatic carbocycles. The molecule has 4 nitrogen and oxygen atoms in total. The fraction of sp³-hybridized carbons (Fsp3) is 0.263. The minimum Gasteiger partial charge on any atom is -0.324 e. The van der Waals surface area contributed by atoms with Gasteiger partial charge in [-0.25, -0.2) is 0 Å². The number of amides is 2. The van der Waals surface area contributed by atoms with Crippen molar-refractivity contribution in [3.8, 4) is 0 Å². The van der Waals surface area contributed by atoms with Crippen molar-refractivity contribution in [3.63, 3.8) is 0 Å². The molecular formula is C19H20N2O2. The predicted molar refractivity (Wildman–Crippen MR) is 91.5 cm³/mol. The van der Waals surface area contributed by atoms with E-state index in [-0.39, 0.29) is 11.8 Å². The summed E-state index contributed by atoms with van der Waals surface area (Å²) in [4.78, 5) is 26.4. The van der Waals surface area contributed by atoms with Crippen LogP contribution in [0.5, 0.6) is 0 Å². The molecule has 0 saturated carbocycles. The van der Waals surface area contributed by atoms with Crippen molar-refractivity contribution >= 4 is 23.2 Å². The second-order valence-electron chi connectivity index (χ2n) is 5.74. The Kier molecular flexibility index (Phi) is 4.15. The summed E-state index contributed by atoms with van der Waals surface area (Å²) in [6.07, 6.45) is 1.40. The summed E-state index contributed by atoms with van der Waals surface area (Å²) >= 11 is 0. The fourth-order valence-electron chi connectivity index (χ4n) is 3.15. The molecule has 0 bridgehead atoms. The molecule has 0 aromatic heterocycles. The summed E-state index contributed by atoms with van der Waals surface area (Å²) in [6, 6.07) is 15.0. The lowest BCUT2D eigenvalue weighted by atomic mass is 10.1. The first-order valence-electron chi connectivity index (χ1n) is 7.88. The second kappa shape index (κ2) is 6.24. The highest BCUT2D eigenvalue weighted by atomic mass is 16.2. The number of carbonyl (C=O) groups excluding carboxylic acids is 2. The molecule has 0 radical (unpaired) electrons. The number of hydrogen-bond acceptors (Lipinski definition) is 2. The molecule has 1 N–H and O–H groups in total. The van der Waals surface area contributed by atoms with Gasteiger partial charge in [0.25, 0.3) is 0 Å². The Bertz CT molecular complexity index is 755. The number of aryl methyl sites for hydroxylation is 1. The number of anilines is 2. The van der Waals surface area contributed by atoms with Crippen LogP contribution >= 0.6 is 0 Å². The molecule has 0 aliphatic carbocycles. The highest BCUT2D eigenvalue weighted by molar-refractivity contribution is 6.06.